The molecular formula is C15H18ClNOS. The number of ether oxygens (including phenoxy) is 1. The molecule has 0 aliphatic rings. The maximum atomic E-state index is 6.26. The molecule has 0 aliphatic carbocycles. The quantitative estimate of drug-likeness (QED) is 0.837. The fraction of sp³-hybridized carbons (Fsp3) is 0.333. The van der Waals surface area contributed by atoms with Crippen molar-refractivity contribution < 1.29 is 4.74 Å². The molecule has 19 heavy (non-hydrogen) atoms. The van der Waals surface area contributed by atoms with Gasteiger partial charge in [-0.3, -0.25) is 0 Å². The summed E-state index contributed by atoms with van der Waals surface area (Å²) in [6.07, 6.45) is 0. The Morgan fingerprint density at radius 2 is 2.21 bits per heavy atom. The Hall–Kier alpha value is -1.03. The number of halogens is 1. The van der Waals surface area contributed by atoms with Crippen molar-refractivity contribution in [3.8, 4) is 5.75 Å². The van der Waals surface area contributed by atoms with Crippen LogP contribution in [-0.4, -0.2) is 6.54 Å². The highest BCUT2D eigenvalue weighted by molar-refractivity contribution is 7.09. The molecule has 1 aromatic heterocycles. The van der Waals surface area contributed by atoms with Gasteiger partial charge in [0.15, 0.2) is 0 Å². The molecule has 2 nitrogen and oxygen atoms in total. The summed E-state index contributed by atoms with van der Waals surface area (Å²) in [7, 11) is 0. The molecule has 2 rings (SSSR count). The summed E-state index contributed by atoms with van der Waals surface area (Å²) in [5.41, 5.74) is 1.18. The van der Waals surface area contributed by atoms with Gasteiger partial charge in [0.2, 0.25) is 0 Å². The van der Waals surface area contributed by atoms with Gasteiger partial charge >= 0.3 is 0 Å². The first-order chi connectivity index (χ1) is 9.20. The number of thiophene rings is 1. The third-order valence-corrected chi connectivity index (χ3v) is 4.06. The monoisotopic (exact) mass is 295 g/mol. The number of nitrogens with one attached hydrogen (secondary N) is 1. The maximum Gasteiger partial charge on any atom is 0.138 e. The van der Waals surface area contributed by atoms with Crippen LogP contribution in [0.5, 0.6) is 5.75 Å². The first kappa shape index (κ1) is 14.4. The van der Waals surface area contributed by atoms with Gasteiger partial charge in [0, 0.05) is 10.9 Å². The van der Waals surface area contributed by atoms with Gasteiger partial charge in [0.05, 0.1) is 5.02 Å². The molecule has 0 fully saturated rings. The van der Waals surface area contributed by atoms with Gasteiger partial charge in [-0.05, 0) is 42.6 Å². The van der Waals surface area contributed by atoms with E-state index in [4.69, 9.17) is 16.3 Å². The average molecular weight is 296 g/mol. The van der Waals surface area contributed by atoms with E-state index < -0.39 is 0 Å². The van der Waals surface area contributed by atoms with Crippen molar-refractivity contribution in [1.29, 1.82) is 0 Å². The zero-order valence-electron chi connectivity index (χ0n) is 11.2. The Balaban J connectivity index is 2.02. The standard InChI is InChI=1S/C15H18ClNOS/c1-3-17-11(2)12-6-7-15(14(16)9-12)18-10-13-5-4-8-19-13/h4-9,11,17H,3,10H2,1-2H3. The molecule has 0 spiro atoms. The molecular weight excluding hydrogens is 278 g/mol. The van der Waals surface area contributed by atoms with E-state index in [0.717, 1.165) is 12.3 Å². The van der Waals surface area contributed by atoms with Crippen LogP contribution in [-0.2, 0) is 6.61 Å². The molecule has 0 aliphatic heterocycles. The largest absolute Gasteiger partial charge is 0.487 e. The van der Waals surface area contributed by atoms with Crippen LogP contribution >= 0.6 is 22.9 Å². The average Bonchev–Trinajstić information content (AvgIpc) is 2.90. The third kappa shape index (κ3) is 3.96. The zero-order valence-corrected chi connectivity index (χ0v) is 12.7. The highest BCUT2D eigenvalue weighted by Gasteiger charge is 2.08. The molecule has 0 saturated carbocycles. The van der Waals surface area contributed by atoms with Gasteiger partial charge in [-0.25, -0.2) is 0 Å². The summed E-state index contributed by atoms with van der Waals surface area (Å²) in [4.78, 5) is 1.20. The summed E-state index contributed by atoms with van der Waals surface area (Å²) in [6.45, 7) is 5.73. The number of hydrogen-bond donors (Lipinski definition) is 1. The lowest BCUT2D eigenvalue weighted by Gasteiger charge is -2.14. The van der Waals surface area contributed by atoms with E-state index in [9.17, 15) is 0 Å². The van der Waals surface area contributed by atoms with E-state index in [-0.39, 0.29) is 0 Å². The van der Waals surface area contributed by atoms with Crippen molar-refractivity contribution in [2.75, 3.05) is 6.54 Å². The molecule has 1 unspecified atom stereocenters. The molecule has 0 amide bonds. The Morgan fingerprint density at radius 1 is 1.37 bits per heavy atom. The molecule has 0 bridgehead atoms. The van der Waals surface area contributed by atoms with Crippen molar-refractivity contribution in [2.45, 2.75) is 26.5 Å². The lowest BCUT2D eigenvalue weighted by molar-refractivity contribution is 0.310. The second-order valence-electron chi connectivity index (χ2n) is 4.34. The van der Waals surface area contributed by atoms with Crippen LogP contribution < -0.4 is 10.1 Å². The van der Waals surface area contributed by atoms with E-state index in [1.54, 1.807) is 11.3 Å². The molecule has 102 valence electrons. The Bertz CT molecular complexity index is 513. The van der Waals surface area contributed by atoms with Crippen molar-refractivity contribution in [3.05, 3.63) is 51.2 Å². The van der Waals surface area contributed by atoms with E-state index in [0.29, 0.717) is 17.7 Å². The minimum atomic E-state index is 0.300. The lowest BCUT2D eigenvalue weighted by atomic mass is 10.1. The number of hydrogen-bond acceptors (Lipinski definition) is 3. The van der Waals surface area contributed by atoms with E-state index >= 15 is 0 Å². The normalized spacial score (nSPS) is 12.4. The van der Waals surface area contributed by atoms with Gasteiger partial charge in [0.25, 0.3) is 0 Å². The first-order valence-electron chi connectivity index (χ1n) is 6.38. The van der Waals surface area contributed by atoms with Gasteiger partial charge in [0.1, 0.15) is 12.4 Å². The van der Waals surface area contributed by atoms with Gasteiger partial charge < -0.3 is 10.1 Å². The second-order valence-corrected chi connectivity index (χ2v) is 5.78. The molecule has 1 atom stereocenters. The fourth-order valence-corrected chi connectivity index (χ4v) is 2.73. The predicted octanol–water partition coefficient (Wildman–Crippen LogP) is 4.65. The highest BCUT2D eigenvalue weighted by Crippen LogP contribution is 2.28. The molecule has 4 heteroatoms. The van der Waals surface area contributed by atoms with Crippen LogP contribution in [0, 0.1) is 0 Å². The molecule has 0 radical (unpaired) electrons. The SMILES string of the molecule is CCNC(C)c1ccc(OCc2cccs2)c(Cl)c1. The Kier molecular flexibility index (Phi) is 5.25. The molecule has 0 saturated heterocycles. The van der Waals surface area contributed by atoms with Crippen molar-refractivity contribution >= 4 is 22.9 Å². The summed E-state index contributed by atoms with van der Waals surface area (Å²) < 4.78 is 5.73. The van der Waals surface area contributed by atoms with Gasteiger partial charge in [-0.15, -0.1) is 11.3 Å². The summed E-state index contributed by atoms with van der Waals surface area (Å²) in [5.74, 6) is 0.738. The summed E-state index contributed by atoms with van der Waals surface area (Å²) >= 11 is 7.95. The number of benzene rings is 1. The highest BCUT2D eigenvalue weighted by atomic mass is 35.5. The molecule has 1 heterocycles. The van der Waals surface area contributed by atoms with Crippen LogP contribution in [0.1, 0.15) is 30.3 Å². The summed E-state index contributed by atoms with van der Waals surface area (Å²) in [6, 6.07) is 10.3. The predicted molar refractivity (Wildman–Crippen MR) is 82.2 cm³/mol. The topological polar surface area (TPSA) is 21.3 Å². The third-order valence-electron chi connectivity index (χ3n) is 2.92. The van der Waals surface area contributed by atoms with Crippen LogP contribution in [0.2, 0.25) is 5.02 Å². The maximum absolute atomic E-state index is 6.26. The van der Waals surface area contributed by atoms with Crippen molar-refractivity contribution in [2.24, 2.45) is 0 Å². The number of rotatable bonds is 6. The van der Waals surface area contributed by atoms with E-state index in [2.05, 4.69) is 31.3 Å². The second kappa shape index (κ2) is 6.94. The zero-order chi connectivity index (χ0) is 13.7. The fourth-order valence-electron chi connectivity index (χ4n) is 1.87. The van der Waals surface area contributed by atoms with E-state index in [1.807, 2.05) is 23.6 Å². The molecule has 2 aromatic rings. The van der Waals surface area contributed by atoms with Crippen LogP contribution in [0.4, 0.5) is 0 Å². The van der Waals surface area contributed by atoms with Gasteiger partial charge in [-0.1, -0.05) is 30.7 Å². The van der Waals surface area contributed by atoms with Crippen molar-refractivity contribution in [1.82, 2.24) is 5.32 Å². The van der Waals surface area contributed by atoms with Gasteiger partial charge in [-0.2, -0.15) is 0 Å². The molecule has 1 N–H and O–H groups in total. The van der Waals surface area contributed by atoms with E-state index in [1.165, 1.54) is 10.4 Å². The minimum Gasteiger partial charge on any atom is -0.487 e. The Labute approximate surface area is 123 Å². The summed E-state index contributed by atoms with van der Waals surface area (Å²) in [5, 5.41) is 6.07. The molecule has 1 aromatic carbocycles. The smallest absolute Gasteiger partial charge is 0.138 e. The first-order valence-corrected chi connectivity index (χ1v) is 7.64. The lowest BCUT2D eigenvalue weighted by Crippen LogP contribution is -2.17. The minimum absolute atomic E-state index is 0.300. The van der Waals surface area contributed by atoms with Crippen LogP contribution in [0.25, 0.3) is 0 Å². The Morgan fingerprint density at radius 3 is 2.84 bits per heavy atom. The van der Waals surface area contributed by atoms with Crippen LogP contribution in [0.15, 0.2) is 35.7 Å². The van der Waals surface area contributed by atoms with Crippen molar-refractivity contribution in [3.63, 3.8) is 0 Å². The van der Waals surface area contributed by atoms with Crippen LogP contribution in [0.3, 0.4) is 0 Å².